The zero-order chi connectivity index (χ0) is 40.8. The minimum absolute atomic E-state index is 0.0123. The van der Waals surface area contributed by atoms with Gasteiger partial charge in [-0.3, -0.25) is 13.9 Å². The Morgan fingerprint density at radius 3 is 1.30 bits per heavy atom. The molecular weight excluding hydrogens is 768 g/mol. The summed E-state index contributed by atoms with van der Waals surface area (Å²) < 4.78 is 77.3. The SMILES string of the molecule is CCOP(=O)(OCC)C(CNC(=O)[C@@H](OCc1ccccc1)[C@H](OCc1ccccc1)[C@@H](COCc1ccccc1)OCc1ccccc1)P(=O)(OCC)OCC. The Morgan fingerprint density at radius 2 is 0.895 bits per heavy atom. The van der Waals surface area contributed by atoms with Gasteiger partial charge in [-0.05, 0) is 49.9 Å². The molecule has 12 nitrogen and oxygen atoms in total. The van der Waals surface area contributed by atoms with E-state index in [0.717, 1.165) is 22.3 Å². The van der Waals surface area contributed by atoms with Gasteiger partial charge in [-0.25, -0.2) is 0 Å². The van der Waals surface area contributed by atoms with Gasteiger partial charge in [0, 0.05) is 6.54 Å². The van der Waals surface area contributed by atoms with Gasteiger partial charge < -0.3 is 42.4 Å². The number of carbonyl (C=O) groups is 1. The molecule has 0 saturated carbocycles. The van der Waals surface area contributed by atoms with Crippen molar-refractivity contribution in [1.29, 1.82) is 0 Å². The Hall–Kier alpha value is -3.51. The molecule has 0 fully saturated rings. The van der Waals surface area contributed by atoms with Gasteiger partial charge in [-0.15, -0.1) is 0 Å². The van der Waals surface area contributed by atoms with Crippen molar-refractivity contribution in [2.75, 3.05) is 39.6 Å². The molecule has 0 aliphatic heterocycles. The van der Waals surface area contributed by atoms with Crippen LogP contribution in [0.25, 0.3) is 0 Å². The minimum atomic E-state index is -4.19. The second-order valence-electron chi connectivity index (χ2n) is 12.8. The lowest BCUT2D eigenvalue weighted by Crippen LogP contribution is -2.53. The van der Waals surface area contributed by atoms with Crippen LogP contribution in [0.2, 0.25) is 0 Å². The van der Waals surface area contributed by atoms with E-state index in [0.29, 0.717) is 0 Å². The highest BCUT2D eigenvalue weighted by Gasteiger charge is 2.51. The molecule has 57 heavy (non-hydrogen) atoms. The van der Waals surface area contributed by atoms with E-state index in [1.165, 1.54) is 0 Å². The monoisotopic (exact) mass is 825 g/mol. The van der Waals surface area contributed by atoms with E-state index in [9.17, 15) is 13.9 Å². The Labute approximate surface area is 337 Å². The highest BCUT2D eigenvalue weighted by atomic mass is 31.2. The Kier molecular flexibility index (Phi) is 20.3. The molecule has 0 bridgehead atoms. The highest BCUT2D eigenvalue weighted by Crippen LogP contribution is 2.70. The quantitative estimate of drug-likeness (QED) is 0.0550. The molecule has 14 heteroatoms. The molecule has 0 aliphatic carbocycles. The molecule has 310 valence electrons. The van der Waals surface area contributed by atoms with E-state index in [1.54, 1.807) is 27.7 Å². The van der Waals surface area contributed by atoms with E-state index in [-0.39, 0.29) is 59.5 Å². The summed E-state index contributed by atoms with van der Waals surface area (Å²) in [5.74, 6) is -0.649. The molecule has 0 aliphatic rings. The standard InChI is InChI=1S/C43H57NO11P2/c1-5-52-56(46,53-6-2)40(57(47,54-7-3)55-8-4)29-44-43(45)42(51-33-38-27-19-12-20-28-38)41(50-32-37-25-17-11-18-26-37)39(49-31-36-23-15-10-16-24-36)34-48-30-35-21-13-9-14-22-35/h9-28,39-42H,5-8,29-34H2,1-4H3,(H,44,45)/t39-,41-,42+/m1/s1. The van der Waals surface area contributed by atoms with Crippen molar-refractivity contribution in [1.82, 2.24) is 5.32 Å². The summed E-state index contributed by atoms with van der Waals surface area (Å²) in [4.78, 5) is 14.7. The molecule has 0 aromatic heterocycles. The number of amides is 1. The summed E-state index contributed by atoms with van der Waals surface area (Å²) in [6, 6.07) is 38.4. The topological polar surface area (TPSA) is 137 Å². The number of benzene rings is 4. The van der Waals surface area contributed by atoms with Crippen LogP contribution in [0.5, 0.6) is 0 Å². The van der Waals surface area contributed by atoms with Crippen LogP contribution in [-0.2, 0) is 77.4 Å². The molecule has 0 radical (unpaired) electrons. The fourth-order valence-corrected chi connectivity index (χ4v) is 11.0. The van der Waals surface area contributed by atoms with Gasteiger partial charge in [-0.2, -0.15) is 0 Å². The predicted octanol–water partition coefficient (Wildman–Crippen LogP) is 8.93. The second kappa shape index (κ2) is 25.1. The molecular formula is C43H57NO11P2. The van der Waals surface area contributed by atoms with Gasteiger partial charge in [0.05, 0.1) is 59.5 Å². The fraction of sp³-hybridized carbons (Fsp3) is 0.419. The second-order valence-corrected chi connectivity index (χ2v) is 17.6. The smallest absolute Gasteiger partial charge is 0.347 e. The van der Waals surface area contributed by atoms with Gasteiger partial charge >= 0.3 is 15.2 Å². The molecule has 4 rings (SSSR count). The van der Waals surface area contributed by atoms with Gasteiger partial charge in [0.25, 0.3) is 5.91 Å². The molecule has 0 heterocycles. The van der Waals surface area contributed by atoms with Crippen molar-refractivity contribution in [2.45, 2.75) is 77.8 Å². The van der Waals surface area contributed by atoms with Crippen molar-refractivity contribution < 1.29 is 51.0 Å². The van der Waals surface area contributed by atoms with Crippen LogP contribution >= 0.6 is 15.2 Å². The minimum Gasteiger partial charge on any atom is -0.374 e. The highest BCUT2D eigenvalue weighted by molar-refractivity contribution is 7.72. The molecule has 1 amide bonds. The normalized spacial score (nSPS) is 13.6. The number of ether oxygens (including phenoxy) is 4. The first kappa shape index (κ1) is 46.2. The number of hydrogen-bond acceptors (Lipinski definition) is 11. The van der Waals surface area contributed by atoms with Crippen LogP contribution in [0.15, 0.2) is 121 Å². The molecule has 1 N–H and O–H groups in total. The zero-order valence-corrected chi connectivity index (χ0v) is 35.1. The van der Waals surface area contributed by atoms with Gasteiger partial charge in [0.1, 0.15) is 12.2 Å². The van der Waals surface area contributed by atoms with Gasteiger partial charge in [0.2, 0.25) is 0 Å². The van der Waals surface area contributed by atoms with Gasteiger partial charge in [0.15, 0.2) is 11.5 Å². The summed E-state index contributed by atoms with van der Waals surface area (Å²) >= 11 is 0. The molecule has 0 spiro atoms. The molecule has 0 saturated heterocycles. The van der Waals surface area contributed by atoms with Gasteiger partial charge in [-0.1, -0.05) is 121 Å². The third-order valence-corrected chi connectivity index (χ3v) is 14.6. The first-order valence-electron chi connectivity index (χ1n) is 19.4. The summed E-state index contributed by atoms with van der Waals surface area (Å²) in [7, 11) is -8.38. The fourth-order valence-electron chi connectivity index (χ4n) is 5.95. The Balaban J connectivity index is 1.75. The van der Waals surface area contributed by atoms with E-state index >= 15 is 0 Å². The largest absolute Gasteiger partial charge is 0.374 e. The van der Waals surface area contributed by atoms with E-state index < -0.39 is 51.4 Å². The van der Waals surface area contributed by atoms with Crippen molar-refractivity contribution in [2.24, 2.45) is 0 Å². The summed E-state index contributed by atoms with van der Waals surface area (Å²) in [5, 5.41) is 1.35. The molecule has 4 aromatic rings. The molecule has 4 aromatic carbocycles. The van der Waals surface area contributed by atoms with Crippen molar-refractivity contribution in [3.63, 3.8) is 0 Å². The predicted molar refractivity (Wildman–Crippen MR) is 220 cm³/mol. The maximum absolute atomic E-state index is 14.7. The van der Waals surface area contributed by atoms with Crippen molar-refractivity contribution in [3.8, 4) is 0 Å². The van der Waals surface area contributed by atoms with Crippen LogP contribution in [0.4, 0.5) is 0 Å². The van der Waals surface area contributed by atoms with E-state index in [1.807, 2.05) is 121 Å². The zero-order valence-electron chi connectivity index (χ0n) is 33.3. The average molecular weight is 826 g/mol. The van der Waals surface area contributed by atoms with Crippen LogP contribution < -0.4 is 5.32 Å². The van der Waals surface area contributed by atoms with Crippen LogP contribution in [-0.4, -0.2) is 69.2 Å². The first-order valence-corrected chi connectivity index (χ1v) is 22.6. The Bertz CT molecular complexity index is 1740. The molecule has 0 unspecified atom stereocenters. The number of hydrogen-bond donors (Lipinski definition) is 1. The summed E-state index contributed by atoms with van der Waals surface area (Å²) in [6.45, 7) is 6.74. The number of rotatable bonds is 28. The number of nitrogens with one attached hydrogen (secondary N) is 1. The lowest BCUT2D eigenvalue weighted by molar-refractivity contribution is -0.177. The third kappa shape index (κ3) is 15.0. The van der Waals surface area contributed by atoms with E-state index in [4.69, 9.17) is 37.0 Å². The van der Waals surface area contributed by atoms with E-state index in [2.05, 4.69) is 5.32 Å². The average Bonchev–Trinajstić information content (AvgIpc) is 3.22. The van der Waals surface area contributed by atoms with Crippen molar-refractivity contribution >= 4 is 21.1 Å². The summed E-state index contributed by atoms with van der Waals surface area (Å²) in [6.07, 6.45) is -3.22. The van der Waals surface area contributed by atoms with Crippen LogP contribution in [0.1, 0.15) is 49.9 Å². The lowest BCUT2D eigenvalue weighted by Gasteiger charge is -2.34. The first-order chi connectivity index (χ1) is 27.7. The van der Waals surface area contributed by atoms with Crippen LogP contribution in [0.3, 0.4) is 0 Å². The van der Waals surface area contributed by atoms with Crippen LogP contribution in [0, 0.1) is 0 Å². The molecule has 3 atom stereocenters. The maximum Gasteiger partial charge on any atom is 0.347 e. The maximum atomic E-state index is 14.7. The lowest BCUT2D eigenvalue weighted by atomic mass is 10.1. The number of carbonyl (C=O) groups excluding carboxylic acids is 1. The summed E-state index contributed by atoms with van der Waals surface area (Å²) in [5.41, 5.74) is 3.54. The Morgan fingerprint density at radius 1 is 0.526 bits per heavy atom. The van der Waals surface area contributed by atoms with Crippen molar-refractivity contribution in [3.05, 3.63) is 144 Å². The third-order valence-electron chi connectivity index (χ3n) is 8.61.